The first-order chi connectivity index (χ1) is 13.9. The second-order valence-electron chi connectivity index (χ2n) is 5.76. The number of aromatic nitrogens is 2. The minimum atomic E-state index is -0.260. The lowest BCUT2D eigenvalue weighted by molar-refractivity contribution is -0.118. The van der Waals surface area contributed by atoms with Crippen molar-refractivity contribution in [1.82, 2.24) is 15.4 Å². The number of benzene rings is 1. The molecule has 0 bridgehead atoms. The number of nitrogens with zero attached hydrogens (tertiary/aromatic N) is 3. The normalized spacial score (nSPS) is 10.6. The van der Waals surface area contributed by atoms with E-state index in [-0.39, 0.29) is 18.3 Å². The van der Waals surface area contributed by atoms with Gasteiger partial charge in [0.15, 0.2) is 16.7 Å². The van der Waals surface area contributed by atoms with Gasteiger partial charge in [-0.3, -0.25) is 4.79 Å². The van der Waals surface area contributed by atoms with E-state index in [2.05, 4.69) is 42.3 Å². The molecule has 2 aromatic rings. The molecule has 0 spiro atoms. The van der Waals surface area contributed by atoms with Crippen molar-refractivity contribution in [2.24, 2.45) is 5.10 Å². The van der Waals surface area contributed by atoms with Gasteiger partial charge in [0, 0.05) is 21.4 Å². The SMILES string of the molecule is C#CCOc1cc(Br)c(/C=N\NC(=O)CSc2nc(C)cc(C)n2)cc1OCC. The molecule has 0 aliphatic rings. The summed E-state index contributed by atoms with van der Waals surface area (Å²) in [6.45, 7) is 6.26. The predicted octanol–water partition coefficient (Wildman–Crippen LogP) is 3.51. The molecule has 2 rings (SSSR count). The van der Waals surface area contributed by atoms with Crippen molar-refractivity contribution in [1.29, 1.82) is 0 Å². The van der Waals surface area contributed by atoms with Crippen LogP contribution in [0.5, 0.6) is 11.5 Å². The van der Waals surface area contributed by atoms with Crippen LogP contribution >= 0.6 is 27.7 Å². The third-order valence-corrected chi connectivity index (χ3v) is 4.89. The molecule has 0 fully saturated rings. The van der Waals surface area contributed by atoms with Crippen LogP contribution in [0.2, 0.25) is 0 Å². The summed E-state index contributed by atoms with van der Waals surface area (Å²) in [5.74, 6) is 3.39. The van der Waals surface area contributed by atoms with Gasteiger partial charge in [-0.15, -0.1) is 6.42 Å². The largest absolute Gasteiger partial charge is 0.490 e. The highest BCUT2D eigenvalue weighted by Crippen LogP contribution is 2.33. The van der Waals surface area contributed by atoms with Crippen LogP contribution in [-0.2, 0) is 4.79 Å². The highest BCUT2D eigenvalue weighted by Gasteiger charge is 2.10. The van der Waals surface area contributed by atoms with E-state index < -0.39 is 0 Å². The fourth-order valence-electron chi connectivity index (χ4n) is 2.24. The average Bonchev–Trinajstić information content (AvgIpc) is 2.66. The number of hydrogen-bond acceptors (Lipinski definition) is 7. The maximum atomic E-state index is 12.0. The molecule has 7 nitrogen and oxygen atoms in total. The smallest absolute Gasteiger partial charge is 0.250 e. The van der Waals surface area contributed by atoms with Gasteiger partial charge in [-0.1, -0.05) is 17.7 Å². The highest BCUT2D eigenvalue weighted by molar-refractivity contribution is 9.10. The molecule has 9 heteroatoms. The van der Waals surface area contributed by atoms with Crippen molar-refractivity contribution in [3.05, 3.63) is 39.6 Å². The Bertz CT molecular complexity index is 924. The first kappa shape index (κ1) is 22.7. The Kier molecular flexibility index (Phi) is 8.96. The number of carbonyl (C=O) groups excluding carboxylic acids is 1. The summed E-state index contributed by atoms with van der Waals surface area (Å²) in [5.41, 5.74) is 4.94. The topological polar surface area (TPSA) is 85.7 Å². The maximum absolute atomic E-state index is 12.0. The van der Waals surface area contributed by atoms with Gasteiger partial charge in [0.2, 0.25) is 0 Å². The summed E-state index contributed by atoms with van der Waals surface area (Å²) in [4.78, 5) is 20.6. The van der Waals surface area contributed by atoms with Crippen LogP contribution in [0.15, 0.2) is 32.9 Å². The summed E-state index contributed by atoms with van der Waals surface area (Å²) in [6, 6.07) is 5.39. The van der Waals surface area contributed by atoms with Gasteiger partial charge in [0.1, 0.15) is 6.61 Å². The second kappa shape index (κ2) is 11.4. The third kappa shape index (κ3) is 7.40. The molecule has 29 heavy (non-hydrogen) atoms. The molecule has 0 unspecified atom stereocenters. The summed E-state index contributed by atoms with van der Waals surface area (Å²) >= 11 is 4.71. The van der Waals surface area contributed by atoms with E-state index in [1.807, 2.05) is 26.8 Å². The van der Waals surface area contributed by atoms with Crippen LogP contribution in [-0.4, -0.2) is 41.1 Å². The van der Waals surface area contributed by atoms with Crippen molar-refractivity contribution >= 4 is 39.8 Å². The minimum absolute atomic E-state index is 0.137. The Hall–Kier alpha value is -2.57. The summed E-state index contributed by atoms with van der Waals surface area (Å²) in [6.07, 6.45) is 6.76. The maximum Gasteiger partial charge on any atom is 0.250 e. The van der Waals surface area contributed by atoms with Gasteiger partial charge >= 0.3 is 0 Å². The van der Waals surface area contributed by atoms with E-state index >= 15 is 0 Å². The van der Waals surface area contributed by atoms with Crippen molar-refractivity contribution in [3.8, 4) is 23.8 Å². The molecule has 0 saturated carbocycles. The van der Waals surface area contributed by atoms with Gasteiger partial charge in [-0.25, -0.2) is 15.4 Å². The Morgan fingerprint density at radius 3 is 2.62 bits per heavy atom. The molecule has 1 heterocycles. The third-order valence-electron chi connectivity index (χ3n) is 3.36. The van der Waals surface area contributed by atoms with E-state index in [0.717, 1.165) is 15.9 Å². The lowest BCUT2D eigenvalue weighted by Gasteiger charge is -2.12. The van der Waals surface area contributed by atoms with Gasteiger partial charge < -0.3 is 9.47 Å². The molecule has 152 valence electrons. The predicted molar refractivity (Wildman–Crippen MR) is 118 cm³/mol. The molecule has 1 amide bonds. The quantitative estimate of drug-likeness (QED) is 0.196. The Labute approximate surface area is 182 Å². The number of ether oxygens (including phenoxy) is 2. The first-order valence-corrected chi connectivity index (χ1v) is 10.5. The van der Waals surface area contributed by atoms with Gasteiger partial charge in [0.05, 0.1) is 18.6 Å². The fraction of sp³-hybridized carbons (Fsp3) is 0.300. The number of thioether (sulfide) groups is 1. The lowest BCUT2D eigenvalue weighted by atomic mass is 10.2. The van der Waals surface area contributed by atoms with Crippen LogP contribution in [0.3, 0.4) is 0 Å². The molecular formula is C20H21BrN4O3S. The molecule has 0 aliphatic carbocycles. The number of hydrazone groups is 1. The van der Waals surface area contributed by atoms with Crippen LogP contribution < -0.4 is 14.9 Å². The fourth-order valence-corrected chi connectivity index (χ4v) is 3.41. The van der Waals surface area contributed by atoms with Crippen LogP contribution in [0.1, 0.15) is 23.9 Å². The Balaban J connectivity index is 1.98. The number of carbonyl (C=O) groups is 1. The Morgan fingerprint density at radius 1 is 1.28 bits per heavy atom. The van der Waals surface area contributed by atoms with E-state index in [1.54, 1.807) is 12.1 Å². The molecule has 0 saturated heterocycles. The number of amides is 1. The number of aryl methyl sites for hydroxylation is 2. The van der Waals surface area contributed by atoms with E-state index in [9.17, 15) is 4.79 Å². The first-order valence-electron chi connectivity index (χ1n) is 8.72. The van der Waals surface area contributed by atoms with Crippen LogP contribution in [0, 0.1) is 26.2 Å². The minimum Gasteiger partial charge on any atom is -0.490 e. The van der Waals surface area contributed by atoms with Gasteiger partial charge in [-0.05, 0) is 54.9 Å². The second-order valence-corrected chi connectivity index (χ2v) is 7.56. The van der Waals surface area contributed by atoms with Crippen molar-refractivity contribution < 1.29 is 14.3 Å². The molecule has 0 aliphatic heterocycles. The van der Waals surface area contributed by atoms with Crippen LogP contribution in [0.4, 0.5) is 0 Å². The number of rotatable bonds is 9. The van der Waals surface area contributed by atoms with E-state index in [4.69, 9.17) is 15.9 Å². The average molecular weight is 477 g/mol. The summed E-state index contributed by atoms with van der Waals surface area (Å²) in [5, 5.41) is 4.57. The highest BCUT2D eigenvalue weighted by atomic mass is 79.9. The standard InChI is InChI=1S/C20H21BrN4O3S/c1-5-7-28-18-10-16(21)15(9-17(18)27-6-2)11-22-25-19(26)12-29-20-23-13(3)8-14(4)24-20/h1,8-11H,6-7,12H2,2-4H3,(H,25,26)/b22-11-. The molecule has 0 atom stereocenters. The van der Waals surface area contributed by atoms with Crippen LogP contribution in [0.25, 0.3) is 0 Å². The zero-order valence-electron chi connectivity index (χ0n) is 16.4. The Morgan fingerprint density at radius 2 is 1.97 bits per heavy atom. The van der Waals surface area contributed by atoms with Crippen molar-refractivity contribution in [3.63, 3.8) is 0 Å². The molecule has 1 N–H and O–H groups in total. The number of nitrogens with one attached hydrogen (secondary N) is 1. The van der Waals surface area contributed by atoms with Gasteiger partial charge in [0.25, 0.3) is 5.91 Å². The van der Waals surface area contributed by atoms with E-state index in [0.29, 0.717) is 28.8 Å². The van der Waals surface area contributed by atoms with E-state index in [1.165, 1.54) is 18.0 Å². The lowest BCUT2D eigenvalue weighted by Crippen LogP contribution is -2.20. The van der Waals surface area contributed by atoms with Crippen molar-refractivity contribution in [2.75, 3.05) is 19.0 Å². The molecule has 0 radical (unpaired) electrons. The monoisotopic (exact) mass is 476 g/mol. The summed E-state index contributed by atoms with van der Waals surface area (Å²) < 4.78 is 11.8. The number of hydrogen-bond donors (Lipinski definition) is 1. The zero-order chi connectivity index (χ0) is 21.2. The number of terminal acetylenes is 1. The van der Waals surface area contributed by atoms with Crippen molar-refractivity contribution in [2.45, 2.75) is 25.9 Å². The van der Waals surface area contributed by atoms with Gasteiger partial charge in [-0.2, -0.15) is 5.10 Å². The molecule has 1 aromatic carbocycles. The molecular weight excluding hydrogens is 456 g/mol. The molecule has 1 aromatic heterocycles. The summed E-state index contributed by atoms with van der Waals surface area (Å²) in [7, 11) is 0. The number of halogens is 1. The zero-order valence-corrected chi connectivity index (χ0v) is 18.8.